The monoisotopic (exact) mass is 330 g/mol. The van der Waals surface area contributed by atoms with Gasteiger partial charge in [0.15, 0.2) is 11.5 Å². The number of ether oxygens (including phenoxy) is 4. The van der Waals surface area contributed by atoms with E-state index in [-0.39, 0.29) is 6.79 Å². The Balaban J connectivity index is 2.03. The lowest BCUT2D eigenvalue weighted by Gasteiger charge is -2.15. The molecule has 0 saturated carbocycles. The van der Waals surface area contributed by atoms with Crippen LogP contribution in [-0.2, 0) is 6.42 Å². The van der Waals surface area contributed by atoms with Crippen molar-refractivity contribution in [2.45, 2.75) is 16.2 Å². The van der Waals surface area contributed by atoms with E-state index in [4.69, 9.17) is 18.9 Å². The average Bonchev–Trinajstić information content (AvgIpc) is 3.04. The standard InChI is InChI=1S/C18H18O4S/c1-4-5-12-10-15-17(22-11-21-15)18(16(12)20-3)23-14-8-6-13(19-2)7-9-14/h4,6-10H,1,5,11H2,2-3H3. The Morgan fingerprint density at radius 3 is 2.61 bits per heavy atom. The van der Waals surface area contributed by atoms with Gasteiger partial charge in [-0.1, -0.05) is 17.8 Å². The highest BCUT2D eigenvalue weighted by atomic mass is 32.2. The van der Waals surface area contributed by atoms with Crippen molar-refractivity contribution in [2.75, 3.05) is 21.0 Å². The molecule has 5 heteroatoms. The van der Waals surface area contributed by atoms with Gasteiger partial charge in [-0.3, -0.25) is 0 Å². The van der Waals surface area contributed by atoms with Crippen molar-refractivity contribution in [3.63, 3.8) is 0 Å². The van der Waals surface area contributed by atoms with E-state index >= 15 is 0 Å². The Hall–Kier alpha value is -2.27. The number of methoxy groups -OCH3 is 2. The van der Waals surface area contributed by atoms with Crippen LogP contribution in [0.25, 0.3) is 0 Å². The van der Waals surface area contributed by atoms with Gasteiger partial charge in [-0.15, -0.1) is 6.58 Å². The van der Waals surface area contributed by atoms with Crippen LogP contribution in [0.3, 0.4) is 0 Å². The van der Waals surface area contributed by atoms with Crippen molar-refractivity contribution in [1.82, 2.24) is 0 Å². The molecule has 1 aliphatic rings. The fourth-order valence-electron chi connectivity index (χ4n) is 2.43. The van der Waals surface area contributed by atoms with E-state index < -0.39 is 0 Å². The summed E-state index contributed by atoms with van der Waals surface area (Å²) in [5, 5.41) is 0. The zero-order valence-corrected chi connectivity index (χ0v) is 13.9. The highest BCUT2D eigenvalue weighted by Crippen LogP contribution is 2.50. The van der Waals surface area contributed by atoms with E-state index in [2.05, 4.69) is 6.58 Å². The molecule has 0 bridgehead atoms. The van der Waals surface area contributed by atoms with E-state index in [0.29, 0.717) is 6.42 Å². The van der Waals surface area contributed by atoms with Crippen LogP contribution in [-0.4, -0.2) is 21.0 Å². The predicted octanol–water partition coefficient (Wildman–Crippen LogP) is 4.31. The number of allylic oxidation sites excluding steroid dienone is 1. The number of fused-ring (bicyclic) bond motifs is 1. The molecule has 0 atom stereocenters. The molecule has 0 unspecified atom stereocenters. The van der Waals surface area contributed by atoms with Gasteiger partial charge in [0.1, 0.15) is 16.4 Å². The van der Waals surface area contributed by atoms with Crippen LogP contribution in [0.1, 0.15) is 5.56 Å². The molecule has 0 fully saturated rings. The van der Waals surface area contributed by atoms with Crippen LogP contribution < -0.4 is 18.9 Å². The van der Waals surface area contributed by atoms with Crippen molar-refractivity contribution in [1.29, 1.82) is 0 Å². The van der Waals surface area contributed by atoms with Crippen LogP contribution in [0.5, 0.6) is 23.0 Å². The average molecular weight is 330 g/mol. The Kier molecular flexibility index (Phi) is 4.67. The van der Waals surface area contributed by atoms with Crippen LogP contribution in [0.15, 0.2) is 52.8 Å². The van der Waals surface area contributed by atoms with Crippen LogP contribution in [0, 0.1) is 0 Å². The molecule has 4 nitrogen and oxygen atoms in total. The van der Waals surface area contributed by atoms with E-state index in [1.54, 1.807) is 26.0 Å². The molecule has 0 saturated heterocycles. The summed E-state index contributed by atoms with van der Waals surface area (Å²) in [6.45, 7) is 4.04. The van der Waals surface area contributed by atoms with Gasteiger partial charge in [-0.05, 0) is 36.8 Å². The minimum Gasteiger partial charge on any atom is -0.497 e. The van der Waals surface area contributed by atoms with Gasteiger partial charge in [0.2, 0.25) is 6.79 Å². The molecule has 3 rings (SSSR count). The van der Waals surface area contributed by atoms with Crippen molar-refractivity contribution in [3.05, 3.63) is 48.6 Å². The van der Waals surface area contributed by atoms with Gasteiger partial charge in [0.25, 0.3) is 0 Å². The van der Waals surface area contributed by atoms with E-state index in [1.165, 1.54) is 0 Å². The topological polar surface area (TPSA) is 36.9 Å². The summed E-state index contributed by atoms with van der Waals surface area (Å²) in [5.74, 6) is 3.11. The lowest BCUT2D eigenvalue weighted by Crippen LogP contribution is -1.95. The summed E-state index contributed by atoms with van der Waals surface area (Å²) < 4.78 is 22.0. The highest BCUT2D eigenvalue weighted by molar-refractivity contribution is 7.99. The number of hydrogen-bond acceptors (Lipinski definition) is 5. The molecule has 2 aromatic rings. The van der Waals surface area contributed by atoms with Gasteiger partial charge in [-0.2, -0.15) is 0 Å². The fraction of sp³-hybridized carbons (Fsp3) is 0.222. The lowest BCUT2D eigenvalue weighted by atomic mass is 10.1. The lowest BCUT2D eigenvalue weighted by molar-refractivity contribution is 0.172. The quantitative estimate of drug-likeness (QED) is 0.738. The smallest absolute Gasteiger partial charge is 0.231 e. The minimum absolute atomic E-state index is 0.228. The van der Waals surface area contributed by atoms with E-state index in [0.717, 1.165) is 38.4 Å². The Morgan fingerprint density at radius 2 is 1.96 bits per heavy atom. The van der Waals surface area contributed by atoms with Gasteiger partial charge >= 0.3 is 0 Å². The second-order valence-corrected chi connectivity index (χ2v) is 5.99. The molecular formula is C18H18O4S. The van der Waals surface area contributed by atoms with Crippen LogP contribution in [0.2, 0.25) is 0 Å². The molecule has 0 N–H and O–H groups in total. The van der Waals surface area contributed by atoms with E-state index in [1.807, 2.05) is 36.4 Å². The normalized spacial score (nSPS) is 12.1. The fourth-order valence-corrected chi connectivity index (χ4v) is 3.50. The van der Waals surface area contributed by atoms with Crippen molar-refractivity contribution in [3.8, 4) is 23.0 Å². The first kappa shape index (κ1) is 15.6. The molecule has 0 spiro atoms. The molecule has 0 aliphatic carbocycles. The first-order valence-corrected chi connectivity index (χ1v) is 8.00. The van der Waals surface area contributed by atoms with Crippen molar-refractivity contribution >= 4 is 11.8 Å². The third-order valence-electron chi connectivity index (χ3n) is 3.50. The van der Waals surface area contributed by atoms with E-state index in [9.17, 15) is 0 Å². The van der Waals surface area contributed by atoms with Crippen molar-refractivity contribution < 1.29 is 18.9 Å². The summed E-state index contributed by atoms with van der Waals surface area (Å²) in [5.41, 5.74) is 1.03. The zero-order valence-electron chi connectivity index (χ0n) is 13.1. The molecule has 0 aromatic heterocycles. The SMILES string of the molecule is C=CCc1cc2c(c(Sc3ccc(OC)cc3)c1OC)OCO2. The third-order valence-corrected chi connectivity index (χ3v) is 4.58. The first-order valence-electron chi connectivity index (χ1n) is 7.19. The second kappa shape index (κ2) is 6.87. The molecule has 120 valence electrons. The Morgan fingerprint density at radius 1 is 1.17 bits per heavy atom. The molecule has 2 aromatic carbocycles. The highest BCUT2D eigenvalue weighted by Gasteiger charge is 2.25. The summed E-state index contributed by atoms with van der Waals surface area (Å²) in [7, 11) is 3.32. The van der Waals surface area contributed by atoms with Crippen LogP contribution >= 0.6 is 11.8 Å². The number of hydrogen-bond donors (Lipinski definition) is 0. The van der Waals surface area contributed by atoms with Gasteiger partial charge < -0.3 is 18.9 Å². The zero-order chi connectivity index (χ0) is 16.2. The van der Waals surface area contributed by atoms with Crippen LogP contribution in [0.4, 0.5) is 0 Å². The summed E-state index contributed by atoms with van der Waals surface area (Å²) in [6.07, 6.45) is 2.55. The van der Waals surface area contributed by atoms with Gasteiger partial charge in [0, 0.05) is 10.5 Å². The van der Waals surface area contributed by atoms with Gasteiger partial charge in [0.05, 0.1) is 14.2 Å². The molecule has 0 amide bonds. The Labute approximate surface area is 140 Å². The summed E-state index contributed by atoms with van der Waals surface area (Å²) in [6, 6.07) is 9.83. The number of rotatable bonds is 6. The minimum atomic E-state index is 0.228. The Bertz CT molecular complexity index is 710. The summed E-state index contributed by atoms with van der Waals surface area (Å²) >= 11 is 1.58. The largest absolute Gasteiger partial charge is 0.497 e. The third kappa shape index (κ3) is 3.10. The first-order chi connectivity index (χ1) is 11.3. The summed E-state index contributed by atoms with van der Waals surface area (Å²) in [4.78, 5) is 1.99. The maximum atomic E-state index is 5.65. The maximum absolute atomic E-state index is 5.65. The number of benzene rings is 2. The molecule has 1 heterocycles. The van der Waals surface area contributed by atoms with Gasteiger partial charge in [-0.25, -0.2) is 0 Å². The van der Waals surface area contributed by atoms with Crippen molar-refractivity contribution in [2.24, 2.45) is 0 Å². The molecule has 23 heavy (non-hydrogen) atoms. The molecular weight excluding hydrogens is 312 g/mol. The molecule has 1 aliphatic heterocycles. The second-order valence-electron chi connectivity index (χ2n) is 4.90. The maximum Gasteiger partial charge on any atom is 0.231 e. The molecule has 0 radical (unpaired) electrons. The predicted molar refractivity (Wildman–Crippen MR) is 90.1 cm³/mol.